The molecule has 0 aliphatic heterocycles. The number of halogens is 1. The Morgan fingerprint density at radius 1 is 1.20 bits per heavy atom. The maximum Gasteiger partial charge on any atom is 0.271 e. The first-order valence-electron chi connectivity index (χ1n) is 6.31. The van der Waals surface area contributed by atoms with E-state index in [0.29, 0.717) is 5.56 Å². The van der Waals surface area contributed by atoms with Gasteiger partial charge in [0.05, 0.1) is 0 Å². The molecule has 3 nitrogen and oxygen atoms in total. The summed E-state index contributed by atoms with van der Waals surface area (Å²) in [5, 5.41) is 4.01. The van der Waals surface area contributed by atoms with E-state index in [4.69, 9.17) is 0 Å². The molecule has 1 N–H and O–H groups in total. The van der Waals surface area contributed by atoms with Gasteiger partial charge in [0.2, 0.25) is 0 Å². The van der Waals surface area contributed by atoms with Crippen LogP contribution in [0.5, 0.6) is 0 Å². The van der Waals surface area contributed by atoms with E-state index in [9.17, 15) is 4.79 Å². The highest BCUT2D eigenvalue weighted by Gasteiger charge is 2.05. The van der Waals surface area contributed by atoms with Gasteiger partial charge in [-0.15, -0.1) is 0 Å². The Kier molecular flexibility index (Phi) is 5.07. The monoisotopic (exact) mass is 330 g/mol. The fourth-order valence-electron chi connectivity index (χ4n) is 1.74. The molecule has 0 saturated heterocycles. The summed E-state index contributed by atoms with van der Waals surface area (Å²) in [5.41, 5.74) is 4.27. The highest BCUT2D eigenvalue weighted by atomic mass is 79.9. The number of carbonyl (C=O) groups is 1. The van der Waals surface area contributed by atoms with Crippen molar-refractivity contribution in [2.75, 3.05) is 0 Å². The molecule has 2 rings (SSSR count). The van der Waals surface area contributed by atoms with E-state index in [1.54, 1.807) is 18.3 Å². The average Bonchev–Trinajstić information content (AvgIpc) is 2.48. The van der Waals surface area contributed by atoms with E-state index in [-0.39, 0.29) is 11.8 Å². The normalized spacial score (nSPS) is 12.3. The van der Waals surface area contributed by atoms with Gasteiger partial charge < -0.3 is 0 Å². The van der Waals surface area contributed by atoms with Crippen molar-refractivity contribution in [1.82, 2.24) is 5.43 Å². The number of hydrogen-bond donors (Lipinski definition) is 1. The summed E-state index contributed by atoms with van der Waals surface area (Å²) in [6, 6.07) is 17.2. The summed E-state index contributed by atoms with van der Waals surface area (Å²) in [4.78, 5) is 11.9. The van der Waals surface area contributed by atoms with E-state index in [2.05, 4.69) is 26.5 Å². The second-order valence-corrected chi connectivity index (χ2v) is 5.34. The third-order valence-electron chi connectivity index (χ3n) is 2.88. The van der Waals surface area contributed by atoms with Gasteiger partial charge in [-0.3, -0.25) is 4.79 Å². The fraction of sp³-hybridized carbons (Fsp3) is 0.125. The Balaban J connectivity index is 1.95. The van der Waals surface area contributed by atoms with E-state index in [0.717, 1.165) is 10.0 Å². The maximum atomic E-state index is 11.9. The van der Waals surface area contributed by atoms with Gasteiger partial charge in [-0.25, -0.2) is 5.43 Å². The van der Waals surface area contributed by atoms with Gasteiger partial charge in [0.1, 0.15) is 0 Å². The standard InChI is InChI=1S/C16H15BrN2O/c1-12(13-6-3-2-4-7-13)11-18-19-16(20)14-8-5-9-15(17)10-14/h2-12H,1H3,(H,19,20)/b18-11+. The van der Waals surface area contributed by atoms with Crippen LogP contribution < -0.4 is 5.43 Å². The molecule has 20 heavy (non-hydrogen) atoms. The van der Waals surface area contributed by atoms with Gasteiger partial charge in [-0.05, 0) is 23.8 Å². The molecule has 0 fully saturated rings. The Morgan fingerprint density at radius 2 is 1.95 bits per heavy atom. The summed E-state index contributed by atoms with van der Waals surface area (Å²) >= 11 is 3.33. The summed E-state index contributed by atoms with van der Waals surface area (Å²) in [5.74, 6) is -0.0678. The second kappa shape index (κ2) is 7.01. The van der Waals surface area contributed by atoms with Crippen LogP contribution in [0.1, 0.15) is 28.8 Å². The van der Waals surface area contributed by atoms with Crippen molar-refractivity contribution < 1.29 is 4.79 Å². The van der Waals surface area contributed by atoms with E-state index >= 15 is 0 Å². The molecular formula is C16H15BrN2O. The molecule has 2 aromatic rings. The van der Waals surface area contributed by atoms with Crippen molar-refractivity contribution in [2.24, 2.45) is 5.10 Å². The minimum Gasteiger partial charge on any atom is -0.267 e. The molecule has 0 aliphatic rings. The molecule has 4 heteroatoms. The lowest BCUT2D eigenvalue weighted by molar-refractivity contribution is 0.0955. The van der Waals surface area contributed by atoms with Gasteiger partial charge >= 0.3 is 0 Å². The zero-order valence-corrected chi connectivity index (χ0v) is 12.7. The van der Waals surface area contributed by atoms with E-state index in [1.807, 2.05) is 49.4 Å². The smallest absolute Gasteiger partial charge is 0.267 e. The molecular weight excluding hydrogens is 316 g/mol. The molecule has 0 spiro atoms. The number of hydrazone groups is 1. The number of benzene rings is 2. The molecule has 0 aliphatic carbocycles. The SMILES string of the molecule is CC(/C=N/NC(=O)c1cccc(Br)c1)c1ccccc1. The lowest BCUT2D eigenvalue weighted by Crippen LogP contribution is -2.18. The van der Waals surface area contributed by atoms with Crippen molar-refractivity contribution in [3.8, 4) is 0 Å². The number of amides is 1. The first-order valence-corrected chi connectivity index (χ1v) is 7.10. The van der Waals surface area contributed by atoms with Crippen LogP contribution in [-0.4, -0.2) is 12.1 Å². The van der Waals surface area contributed by atoms with Crippen LogP contribution in [0.15, 0.2) is 64.2 Å². The zero-order chi connectivity index (χ0) is 14.4. The van der Waals surface area contributed by atoms with Gasteiger partial charge in [0.15, 0.2) is 0 Å². The third-order valence-corrected chi connectivity index (χ3v) is 3.37. The predicted molar refractivity (Wildman–Crippen MR) is 85.0 cm³/mol. The molecule has 0 saturated carbocycles. The Labute approximate surface area is 126 Å². The largest absolute Gasteiger partial charge is 0.271 e. The van der Waals surface area contributed by atoms with E-state index in [1.165, 1.54) is 0 Å². The van der Waals surface area contributed by atoms with Crippen LogP contribution >= 0.6 is 15.9 Å². The molecule has 0 radical (unpaired) electrons. The van der Waals surface area contributed by atoms with E-state index < -0.39 is 0 Å². The van der Waals surface area contributed by atoms with Crippen LogP contribution in [0.3, 0.4) is 0 Å². The first-order chi connectivity index (χ1) is 9.66. The van der Waals surface area contributed by atoms with Crippen LogP contribution in [0, 0.1) is 0 Å². The number of carbonyl (C=O) groups excluding carboxylic acids is 1. The highest BCUT2D eigenvalue weighted by Crippen LogP contribution is 2.12. The molecule has 0 aromatic heterocycles. The van der Waals surface area contributed by atoms with Crippen LogP contribution in [0.2, 0.25) is 0 Å². The number of nitrogens with zero attached hydrogens (tertiary/aromatic N) is 1. The summed E-state index contributed by atoms with van der Waals surface area (Å²) in [6.45, 7) is 2.03. The summed E-state index contributed by atoms with van der Waals surface area (Å²) in [6.07, 6.45) is 1.73. The van der Waals surface area contributed by atoms with Crippen molar-refractivity contribution in [3.63, 3.8) is 0 Å². The summed E-state index contributed by atoms with van der Waals surface area (Å²) in [7, 11) is 0. The van der Waals surface area contributed by atoms with Gasteiger partial charge in [0.25, 0.3) is 5.91 Å². The number of hydrogen-bond acceptors (Lipinski definition) is 2. The molecule has 1 atom stereocenters. The maximum absolute atomic E-state index is 11.9. The molecule has 102 valence electrons. The zero-order valence-electron chi connectivity index (χ0n) is 11.1. The molecule has 1 unspecified atom stereocenters. The first kappa shape index (κ1) is 14.5. The summed E-state index contributed by atoms with van der Waals surface area (Å²) < 4.78 is 0.867. The van der Waals surface area contributed by atoms with Crippen molar-refractivity contribution in [1.29, 1.82) is 0 Å². The fourth-order valence-corrected chi connectivity index (χ4v) is 2.14. The van der Waals surface area contributed by atoms with Crippen LogP contribution in [-0.2, 0) is 0 Å². The topological polar surface area (TPSA) is 41.5 Å². The van der Waals surface area contributed by atoms with Crippen LogP contribution in [0.4, 0.5) is 0 Å². The molecule has 1 amide bonds. The molecule has 0 bridgehead atoms. The lowest BCUT2D eigenvalue weighted by atomic mass is 10.0. The van der Waals surface area contributed by atoms with Crippen molar-refractivity contribution >= 4 is 28.1 Å². The highest BCUT2D eigenvalue weighted by molar-refractivity contribution is 9.10. The lowest BCUT2D eigenvalue weighted by Gasteiger charge is -2.05. The molecule has 2 aromatic carbocycles. The average molecular weight is 331 g/mol. The minimum absolute atomic E-state index is 0.152. The quantitative estimate of drug-likeness (QED) is 0.668. The minimum atomic E-state index is -0.220. The van der Waals surface area contributed by atoms with Gasteiger partial charge in [0, 0.05) is 22.2 Å². The van der Waals surface area contributed by atoms with Gasteiger partial charge in [-0.1, -0.05) is 59.3 Å². The predicted octanol–water partition coefficient (Wildman–Crippen LogP) is 3.97. The number of rotatable bonds is 4. The third kappa shape index (κ3) is 4.03. The molecule has 0 heterocycles. The second-order valence-electron chi connectivity index (χ2n) is 4.43. The van der Waals surface area contributed by atoms with Crippen molar-refractivity contribution in [3.05, 3.63) is 70.2 Å². The van der Waals surface area contributed by atoms with Gasteiger partial charge in [-0.2, -0.15) is 5.10 Å². The Bertz CT molecular complexity index is 611. The van der Waals surface area contributed by atoms with Crippen LogP contribution in [0.25, 0.3) is 0 Å². The van der Waals surface area contributed by atoms with Crippen molar-refractivity contribution in [2.45, 2.75) is 12.8 Å². The Morgan fingerprint density at radius 3 is 2.65 bits per heavy atom. The number of nitrogens with one attached hydrogen (secondary N) is 1. The Hall–Kier alpha value is -1.94.